The zero-order valence-corrected chi connectivity index (χ0v) is 5.63. The van der Waals surface area contributed by atoms with Crippen molar-refractivity contribution in [1.29, 1.82) is 0 Å². The fourth-order valence-electron chi connectivity index (χ4n) is 1.09. The van der Waals surface area contributed by atoms with Crippen LogP contribution in [0.25, 0.3) is 0 Å². The largest absolute Gasteiger partial charge is 0.479 e. The molecule has 2 atom stereocenters. The van der Waals surface area contributed by atoms with Gasteiger partial charge in [-0.15, -0.1) is 0 Å². The molecule has 0 aromatic carbocycles. The number of carbonyl (C=O) groups excluding carboxylic acids is 1. The molecule has 0 spiro atoms. The maximum absolute atomic E-state index is 10.5. The lowest BCUT2D eigenvalue weighted by atomic mass is 10.2. The Bertz CT molecular complexity index is 180. The molecular weight excluding hydrogens is 134 g/mol. The van der Waals surface area contributed by atoms with E-state index < -0.39 is 11.5 Å². The fourth-order valence-corrected chi connectivity index (χ4v) is 1.09. The molecule has 0 heterocycles. The average Bonchev–Trinajstić information content (AvgIpc) is 2.44. The number of aliphatic carboxylic acids is 1. The van der Waals surface area contributed by atoms with E-state index in [2.05, 4.69) is 5.32 Å². The number of hydrogen-bond acceptors (Lipinski definition) is 2. The number of carboxylic acids is 1. The summed E-state index contributed by atoms with van der Waals surface area (Å²) in [5.74, 6) is -0.873. The van der Waals surface area contributed by atoms with E-state index in [0.717, 1.165) is 0 Å². The smallest absolute Gasteiger partial charge is 0.329 e. The second-order valence-corrected chi connectivity index (χ2v) is 2.64. The van der Waals surface area contributed by atoms with Crippen LogP contribution < -0.4 is 5.32 Å². The van der Waals surface area contributed by atoms with Crippen LogP contribution in [0, 0.1) is 5.92 Å². The molecule has 1 rings (SSSR count). The van der Waals surface area contributed by atoms with Gasteiger partial charge in [0.1, 0.15) is 5.54 Å². The third-order valence-corrected chi connectivity index (χ3v) is 2.01. The van der Waals surface area contributed by atoms with E-state index in [1.54, 1.807) is 6.92 Å². The highest BCUT2D eigenvalue weighted by atomic mass is 16.4. The van der Waals surface area contributed by atoms with Crippen LogP contribution in [0.15, 0.2) is 0 Å². The van der Waals surface area contributed by atoms with Crippen LogP contribution in [-0.4, -0.2) is 23.0 Å². The first-order valence-corrected chi connectivity index (χ1v) is 3.08. The summed E-state index contributed by atoms with van der Waals surface area (Å²) in [6.45, 7) is 1.80. The summed E-state index contributed by atoms with van der Waals surface area (Å²) in [5, 5.41) is 10.9. The lowest BCUT2D eigenvalue weighted by Gasteiger charge is -2.07. The van der Waals surface area contributed by atoms with Gasteiger partial charge in [0.05, 0.1) is 0 Å². The van der Waals surface area contributed by atoms with Crippen LogP contribution in [0.1, 0.15) is 13.3 Å². The molecule has 1 aliphatic carbocycles. The molecule has 0 saturated heterocycles. The highest BCUT2D eigenvalue weighted by Gasteiger charge is 2.57. The molecule has 10 heavy (non-hydrogen) atoms. The molecule has 0 aliphatic heterocycles. The van der Waals surface area contributed by atoms with Gasteiger partial charge in [-0.05, 0) is 12.3 Å². The molecule has 0 bridgehead atoms. The van der Waals surface area contributed by atoms with Crippen molar-refractivity contribution in [1.82, 2.24) is 5.32 Å². The van der Waals surface area contributed by atoms with Crippen LogP contribution in [0.2, 0.25) is 0 Å². The minimum Gasteiger partial charge on any atom is -0.479 e. The number of amides is 1. The lowest BCUT2D eigenvalue weighted by Crippen LogP contribution is -2.39. The van der Waals surface area contributed by atoms with Crippen molar-refractivity contribution in [2.75, 3.05) is 0 Å². The first kappa shape index (κ1) is 7.05. The lowest BCUT2D eigenvalue weighted by molar-refractivity contribution is -0.142. The summed E-state index contributed by atoms with van der Waals surface area (Å²) >= 11 is 0. The van der Waals surface area contributed by atoms with Crippen molar-refractivity contribution in [3.8, 4) is 0 Å². The normalized spacial score (nSPS) is 36.7. The molecule has 0 radical (unpaired) electrons. The quantitative estimate of drug-likeness (QED) is 0.528. The van der Waals surface area contributed by atoms with E-state index in [9.17, 15) is 9.59 Å². The first-order chi connectivity index (χ1) is 4.63. The number of hydrogen-bond donors (Lipinski definition) is 2. The fraction of sp³-hybridized carbons (Fsp3) is 0.667. The van der Waals surface area contributed by atoms with Crippen LogP contribution in [0.4, 0.5) is 0 Å². The van der Waals surface area contributed by atoms with Gasteiger partial charge in [0.2, 0.25) is 6.41 Å². The van der Waals surface area contributed by atoms with E-state index in [-0.39, 0.29) is 5.92 Å². The molecule has 2 unspecified atom stereocenters. The minimum atomic E-state index is -0.943. The number of nitrogens with one attached hydrogen (secondary N) is 1. The van der Waals surface area contributed by atoms with Gasteiger partial charge in [-0.1, -0.05) is 6.92 Å². The second kappa shape index (κ2) is 1.97. The van der Waals surface area contributed by atoms with E-state index in [1.165, 1.54) is 0 Å². The molecule has 4 heteroatoms. The van der Waals surface area contributed by atoms with Crippen LogP contribution in [0.3, 0.4) is 0 Å². The molecular formula is C6H9NO3. The Balaban J connectivity index is 2.63. The number of carbonyl (C=O) groups is 2. The number of carboxylic acid groups (broad SMARTS) is 1. The topological polar surface area (TPSA) is 66.4 Å². The predicted molar refractivity (Wildman–Crippen MR) is 33.3 cm³/mol. The first-order valence-electron chi connectivity index (χ1n) is 3.08. The van der Waals surface area contributed by atoms with E-state index in [0.29, 0.717) is 12.8 Å². The summed E-state index contributed by atoms with van der Waals surface area (Å²) in [5.41, 5.74) is -0.943. The van der Waals surface area contributed by atoms with Gasteiger partial charge in [-0.2, -0.15) is 0 Å². The molecule has 1 amide bonds. The standard InChI is InChI=1S/C6H9NO3/c1-4-2-6(4,5(9)10)7-3-8/h3-4H,2H2,1H3,(H,7,8)(H,9,10). The molecule has 1 aliphatic rings. The molecule has 56 valence electrons. The van der Waals surface area contributed by atoms with Crippen molar-refractivity contribution in [3.05, 3.63) is 0 Å². The Kier molecular flexibility index (Phi) is 1.39. The molecule has 1 fully saturated rings. The van der Waals surface area contributed by atoms with Gasteiger partial charge in [0.25, 0.3) is 0 Å². The molecule has 4 nitrogen and oxygen atoms in total. The van der Waals surface area contributed by atoms with Gasteiger partial charge in [0.15, 0.2) is 0 Å². The van der Waals surface area contributed by atoms with Gasteiger partial charge in [-0.25, -0.2) is 4.79 Å². The molecule has 0 aromatic rings. The average molecular weight is 143 g/mol. The van der Waals surface area contributed by atoms with Gasteiger partial charge < -0.3 is 10.4 Å². The summed E-state index contributed by atoms with van der Waals surface area (Å²) < 4.78 is 0. The van der Waals surface area contributed by atoms with E-state index in [4.69, 9.17) is 5.11 Å². The van der Waals surface area contributed by atoms with Gasteiger partial charge in [0, 0.05) is 0 Å². The van der Waals surface area contributed by atoms with Crippen LogP contribution >= 0.6 is 0 Å². The zero-order valence-electron chi connectivity index (χ0n) is 5.63. The summed E-state index contributed by atoms with van der Waals surface area (Å²) in [6, 6.07) is 0. The Hall–Kier alpha value is -1.06. The third kappa shape index (κ3) is 0.761. The second-order valence-electron chi connectivity index (χ2n) is 2.64. The van der Waals surface area contributed by atoms with Gasteiger partial charge in [-0.3, -0.25) is 4.79 Å². The van der Waals surface area contributed by atoms with Crippen molar-refractivity contribution < 1.29 is 14.7 Å². The Morgan fingerprint density at radius 1 is 1.90 bits per heavy atom. The summed E-state index contributed by atoms with van der Waals surface area (Å²) in [6.07, 6.45) is 0.985. The summed E-state index contributed by atoms with van der Waals surface area (Å²) in [4.78, 5) is 20.4. The maximum Gasteiger partial charge on any atom is 0.329 e. The molecule has 1 saturated carbocycles. The van der Waals surface area contributed by atoms with E-state index >= 15 is 0 Å². The number of rotatable bonds is 3. The predicted octanol–water partition coefficient (Wildman–Crippen LogP) is -0.404. The van der Waals surface area contributed by atoms with Crippen LogP contribution in [-0.2, 0) is 9.59 Å². The summed E-state index contributed by atoms with van der Waals surface area (Å²) in [7, 11) is 0. The monoisotopic (exact) mass is 143 g/mol. The maximum atomic E-state index is 10.5. The minimum absolute atomic E-state index is 0.0650. The Labute approximate surface area is 58.2 Å². The highest BCUT2D eigenvalue weighted by Crippen LogP contribution is 2.42. The van der Waals surface area contributed by atoms with Gasteiger partial charge >= 0.3 is 5.97 Å². The Morgan fingerprint density at radius 2 is 2.40 bits per heavy atom. The SMILES string of the molecule is CC1CC1(NC=O)C(=O)O. The third-order valence-electron chi connectivity index (χ3n) is 2.01. The van der Waals surface area contributed by atoms with E-state index in [1.807, 2.05) is 0 Å². The van der Waals surface area contributed by atoms with Crippen molar-refractivity contribution in [2.45, 2.75) is 18.9 Å². The molecule has 0 aromatic heterocycles. The van der Waals surface area contributed by atoms with Crippen molar-refractivity contribution in [2.24, 2.45) is 5.92 Å². The van der Waals surface area contributed by atoms with Crippen molar-refractivity contribution in [3.63, 3.8) is 0 Å². The van der Waals surface area contributed by atoms with Crippen LogP contribution in [0.5, 0.6) is 0 Å². The zero-order chi connectivity index (χ0) is 7.78. The van der Waals surface area contributed by atoms with Crippen molar-refractivity contribution >= 4 is 12.4 Å². The Morgan fingerprint density at radius 3 is 2.50 bits per heavy atom. The highest BCUT2D eigenvalue weighted by molar-refractivity contribution is 5.85. The molecule has 2 N–H and O–H groups in total.